The van der Waals surface area contributed by atoms with E-state index in [0.717, 1.165) is 0 Å². The van der Waals surface area contributed by atoms with Crippen molar-refractivity contribution in [2.45, 2.75) is 53.3 Å². The quantitative estimate of drug-likeness (QED) is 0.662. The topological polar surface area (TPSA) is 20.2 Å². The molecule has 4 heteroatoms. The molecular formula is C14H19F3O. The first-order valence-corrected chi connectivity index (χ1v) is 5.54. The number of hydrogen-bond acceptors (Lipinski definition) is 1. The summed E-state index contributed by atoms with van der Waals surface area (Å²) in [6.45, 7) is 9.96. The highest BCUT2D eigenvalue weighted by molar-refractivity contribution is 5.34. The maximum atomic E-state index is 12.8. The Bertz CT molecular complexity index is 379. The van der Waals surface area contributed by atoms with Crippen molar-refractivity contribution in [2.75, 3.05) is 0 Å². The molecule has 0 amide bonds. The van der Waals surface area contributed by atoms with Crippen LogP contribution in [0.25, 0.3) is 0 Å². The van der Waals surface area contributed by atoms with Crippen molar-refractivity contribution in [3.8, 4) is 23.7 Å². The van der Waals surface area contributed by atoms with Gasteiger partial charge in [0.1, 0.15) is 0 Å². The van der Waals surface area contributed by atoms with Gasteiger partial charge in [-0.15, -0.1) is 0 Å². The number of alkyl halides is 3. The zero-order valence-electron chi connectivity index (χ0n) is 11.6. The van der Waals surface area contributed by atoms with Gasteiger partial charge in [-0.2, -0.15) is 13.2 Å². The largest absolute Gasteiger partial charge is 0.441 e. The fraction of sp³-hybridized carbons (Fsp3) is 0.714. The zero-order valence-corrected chi connectivity index (χ0v) is 11.6. The Kier molecular flexibility index (Phi) is 4.56. The third-order valence-electron chi connectivity index (χ3n) is 1.65. The Morgan fingerprint density at radius 2 is 0.944 bits per heavy atom. The van der Waals surface area contributed by atoms with Crippen molar-refractivity contribution in [3.05, 3.63) is 0 Å². The van der Waals surface area contributed by atoms with E-state index in [4.69, 9.17) is 0 Å². The molecule has 0 aromatic carbocycles. The lowest BCUT2D eigenvalue weighted by atomic mass is 9.93. The minimum Gasteiger partial charge on any atom is -0.360 e. The first-order chi connectivity index (χ1) is 7.66. The molecular weight excluding hydrogens is 241 g/mol. The summed E-state index contributed by atoms with van der Waals surface area (Å²) in [5.74, 6) is 8.48. The third-order valence-corrected chi connectivity index (χ3v) is 1.65. The monoisotopic (exact) mass is 260 g/mol. The van der Waals surface area contributed by atoms with Gasteiger partial charge in [-0.3, -0.25) is 0 Å². The summed E-state index contributed by atoms with van der Waals surface area (Å²) in [7, 11) is 0. The van der Waals surface area contributed by atoms with E-state index in [9.17, 15) is 18.3 Å². The van der Waals surface area contributed by atoms with Crippen LogP contribution in [0.1, 0.15) is 41.5 Å². The highest BCUT2D eigenvalue weighted by atomic mass is 19.4. The molecule has 0 saturated carbocycles. The maximum absolute atomic E-state index is 12.8. The highest BCUT2D eigenvalue weighted by Crippen LogP contribution is 2.30. The lowest BCUT2D eigenvalue weighted by molar-refractivity contribution is -0.212. The van der Waals surface area contributed by atoms with Crippen molar-refractivity contribution in [1.82, 2.24) is 0 Å². The van der Waals surface area contributed by atoms with Crippen LogP contribution in [-0.4, -0.2) is 16.9 Å². The molecule has 0 aliphatic carbocycles. The molecule has 102 valence electrons. The van der Waals surface area contributed by atoms with Crippen molar-refractivity contribution in [2.24, 2.45) is 10.8 Å². The smallest absolute Gasteiger partial charge is 0.360 e. The minimum absolute atomic E-state index is 0.636. The van der Waals surface area contributed by atoms with Crippen LogP contribution in [0.2, 0.25) is 0 Å². The molecule has 0 spiro atoms. The number of rotatable bonds is 0. The summed E-state index contributed by atoms with van der Waals surface area (Å²) >= 11 is 0. The fourth-order valence-electron chi connectivity index (χ4n) is 0.729. The third kappa shape index (κ3) is 5.98. The summed E-state index contributed by atoms with van der Waals surface area (Å²) < 4.78 is 38.4. The Hall–Kier alpha value is -1.13. The number of hydrogen-bond donors (Lipinski definition) is 1. The fourth-order valence-corrected chi connectivity index (χ4v) is 0.729. The molecule has 0 bridgehead atoms. The molecule has 0 atom stereocenters. The SMILES string of the molecule is CC(C)(C)C#CC(O)(C#CC(C)(C)C)C(F)(F)F. The molecule has 0 aromatic heterocycles. The van der Waals surface area contributed by atoms with E-state index in [-0.39, 0.29) is 0 Å². The number of aliphatic hydroxyl groups is 1. The highest BCUT2D eigenvalue weighted by Gasteiger charge is 2.52. The Morgan fingerprint density at radius 1 is 0.667 bits per heavy atom. The average Bonchev–Trinajstić information content (AvgIpc) is 2.07. The zero-order chi connectivity index (χ0) is 14.8. The van der Waals surface area contributed by atoms with Crippen molar-refractivity contribution in [1.29, 1.82) is 0 Å². The van der Waals surface area contributed by atoms with E-state index in [1.165, 1.54) is 0 Å². The van der Waals surface area contributed by atoms with Crippen LogP contribution in [0.5, 0.6) is 0 Å². The standard InChI is InChI=1S/C14H19F3O/c1-11(2,3)7-9-13(18,14(15,16)17)10-8-12(4,5)6/h18H,1-6H3. The van der Waals surface area contributed by atoms with E-state index in [0.29, 0.717) is 0 Å². The normalized spacial score (nSPS) is 13.2. The molecule has 0 heterocycles. The van der Waals surface area contributed by atoms with Crippen LogP contribution < -0.4 is 0 Å². The van der Waals surface area contributed by atoms with Gasteiger partial charge in [0, 0.05) is 10.8 Å². The Labute approximate surface area is 107 Å². The second-order valence-electron chi connectivity index (χ2n) is 6.21. The van der Waals surface area contributed by atoms with Gasteiger partial charge in [-0.1, -0.05) is 11.8 Å². The molecule has 0 aromatic rings. The van der Waals surface area contributed by atoms with Gasteiger partial charge in [-0.25, -0.2) is 0 Å². The average molecular weight is 260 g/mol. The first-order valence-electron chi connectivity index (χ1n) is 5.54. The lowest BCUT2D eigenvalue weighted by Gasteiger charge is -2.21. The molecule has 0 aliphatic heterocycles. The number of halogens is 3. The summed E-state index contributed by atoms with van der Waals surface area (Å²) in [5, 5.41) is 9.60. The molecule has 18 heavy (non-hydrogen) atoms. The van der Waals surface area contributed by atoms with Crippen LogP contribution >= 0.6 is 0 Å². The molecule has 0 saturated heterocycles. The Morgan fingerprint density at radius 3 is 1.11 bits per heavy atom. The predicted molar refractivity (Wildman–Crippen MR) is 65.5 cm³/mol. The summed E-state index contributed by atoms with van der Waals surface area (Å²) in [6.07, 6.45) is -4.90. The van der Waals surface area contributed by atoms with Crippen LogP contribution in [0.3, 0.4) is 0 Å². The summed E-state index contributed by atoms with van der Waals surface area (Å²) in [5.41, 5.74) is -4.54. The van der Waals surface area contributed by atoms with Gasteiger partial charge in [0.2, 0.25) is 0 Å². The van der Waals surface area contributed by atoms with E-state index in [1.54, 1.807) is 41.5 Å². The molecule has 0 aliphatic rings. The van der Waals surface area contributed by atoms with Gasteiger partial charge in [0.25, 0.3) is 5.60 Å². The van der Waals surface area contributed by atoms with Gasteiger partial charge >= 0.3 is 6.18 Å². The van der Waals surface area contributed by atoms with E-state index >= 15 is 0 Å². The van der Waals surface area contributed by atoms with Gasteiger partial charge < -0.3 is 5.11 Å². The first kappa shape index (κ1) is 16.9. The van der Waals surface area contributed by atoms with E-state index < -0.39 is 22.6 Å². The van der Waals surface area contributed by atoms with Gasteiger partial charge in [0.05, 0.1) is 0 Å². The van der Waals surface area contributed by atoms with Gasteiger partial charge in [-0.05, 0) is 53.4 Å². The van der Waals surface area contributed by atoms with Crippen LogP contribution in [-0.2, 0) is 0 Å². The molecule has 0 radical (unpaired) electrons. The molecule has 0 rings (SSSR count). The second kappa shape index (κ2) is 4.86. The predicted octanol–water partition coefficient (Wildman–Crippen LogP) is 3.38. The molecule has 1 N–H and O–H groups in total. The van der Waals surface area contributed by atoms with E-state index in [1.807, 2.05) is 11.8 Å². The van der Waals surface area contributed by atoms with Crippen LogP contribution in [0, 0.1) is 34.5 Å². The van der Waals surface area contributed by atoms with Crippen molar-refractivity contribution < 1.29 is 18.3 Å². The molecule has 1 nitrogen and oxygen atoms in total. The minimum atomic E-state index is -4.90. The van der Waals surface area contributed by atoms with Gasteiger partial charge in [0.15, 0.2) is 0 Å². The maximum Gasteiger partial charge on any atom is 0.441 e. The van der Waals surface area contributed by atoms with Crippen molar-refractivity contribution >= 4 is 0 Å². The second-order valence-corrected chi connectivity index (χ2v) is 6.21. The summed E-state index contributed by atoms with van der Waals surface area (Å²) in [6, 6.07) is 0. The van der Waals surface area contributed by atoms with Crippen LogP contribution in [0.4, 0.5) is 13.2 Å². The molecule has 0 unspecified atom stereocenters. The van der Waals surface area contributed by atoms with Crippen LogP contribution in [0.15, 0.2) is 0 Å². The lowest BCUT2D eigenvalue weighted by Crippen LogP contribution is -2.43. The van der Waals surface area contributed by atoms with Crippen molar-refractivity contribution in [3.63, 3.8) is 0 Å². The summed E-state index contributed by atoms with van der Waals surface area (Å²) in [4.78, 5) is 0. The van der Waals surface area contributed by atoms with E-state index in [2.05, 4.69) is 11.8 Å². The molecule has 0 fully saturated rings. The Balaban J connectivity index is 5.60.